The summed E-state index contributed by atoms with van der Waals surface area (Å²) in [5.41, 5.74) is 0.779. The Balaban J connectivity index is 1.83. The van der Waals surface area contributed by atoms with Gasteiger partial charge in [0.1, 0.15) is 5.75 Å². The number of hydrogen-bond acceptors (Lipinski definition) is 3. The molecule has 3 N–H and O–H groups in total. The molecule has 0 aromatic heterocycles. The number of carbonyl (C=O) groups excluding carboxylic acids is 2. The summed E-state index contributed by atoms with van der Waals surface area (Å²) in [5.74, 6) is -1.44. The first-order valence-corrected chi connectivity index (χ1v) is 9.60. The van der Waals surface area contributed by atoms with Gasteiger partial charge < -0.3 is 15.7 Å². The highest BCUT2D eigenvalue weighted by Crippen LogP contribution is 2.26. The Hall–Kier alpha value is -2.44. The first-order valence-electron chi connectivity index (χ1n) is 8.09. The van der Waals surface area contributed by atoms with E-state index in [0.717, 1.165) is 0 Å². The molecule has 3 rings (SSSR count). The Morgan fingerprint density at radius 2 is 1.10 bits per heavy atom. The van der Waals surface area contributed by atoms with Crippen molar-refractivity contribution in [1.82, 2.24) is 0 Å². The van der Waals surface area contributed by atoms with Gasteiger partial charge in [0, 0.05) is 37.0 Å². The van der Waals surface area contributed by atoms with E-state index in [2.05, 4.69) is 10.6 Å². The smallest absolute Gasteiger partial charge is 0.259 e. The van der Waals surface area contributed by atoms with Crippen LogP contribution in [0.1, 0.15) is 20.7 Å². The van der Waals surface area contributed by atoms with Gasteiger partial charge in [-0.3, -0.25) is 9.59 Å². The Morgan fingerprint density at radius 1 is 0.655 bits per heavy atom. The second-order valence-electron chi connectivity index (χ2n) is 5.96. The van der Waals surface area contributed by atoms with Crippen LogP contribution >= 0.6 is 46.4 Å². The third-order valence-electron chi connectivity index (χ3n) is 3.74. The van der Waals surface area contributed by atoms with Crippen LogP contribution in [0.3, 0.4) is 0 Å². The van der Waals surface area contributed by atoms with Crippen LogP contribution in [0.5, 0.6) is 5.75 Å². The van der Waals surface area contributed by atoms with Gasteiger partial charge in [0.25, 0.3) is 11.8 Å². The molecule has 9 heteroatoms. The third kappa shape index (κ3) is 5.55. The quantitative estimate of drug-likeness (QED) is 0.407. The minimum atomic E-state index is -0.638. The summed E-state index contributed by atoms with van der Waals surface area (Å²) < 4.78 is 0. The standard InChI is InChI=1S/C20H12Cl4N2O3/c21-11-4-12(22)7-15(6-11)25-19(28)10-1-2-18(27)17(3-10)20(29)26-16-8-13(23)5-14(24)9-16/h1-9,27H,(H,25,28)(H,26,29). The molecule has 0 saturated carbocycles. The Bertz CT molecular complexity index is 1080. The monoisotopic (exact) mass is 468 g/mol. The lowest BCUT2D eigenvalue weighted by Gasteiger charge is -2.10. The highest BCUT2D eigenvalue weighted by molar-refractivity contribution is 6.35. The molecule has 0 saturated heterocycles. The van der Waals surface area contributed by atoms with Gasteiger partial charge in [-0.25, -0.2) is 0 Å². The van der Waals surface area contributed by atoms with Crippen molar-refractivity contribution in [2.45, 2.75) is 0 Å². The molecule has 0 spiro atoms. The predicted octanol–water partition coefficient (Wildman–Crippen LogP) is 6.51. The van der Waals surface area contributed by atoms with Crippen molar-refractivity contribution in [1.29, 1.82) is 0 Å². The van der Waals surface area contributed by atoms with Crippen molar-refractivity contribution >= 4 is 69.6 Å². The summed E-state index contributed by atoms with van der Waals surface area (Å²) in [6.45, 7) is 0. The number of phenols is 1. The molecule has 3 aromatic rings. The number of hydrogen-bond donors (Lipinski definition) is 3. The van der Waals surface area contributed by atoms with Crippen molar-refractivity contribution in [3.8, 4) is 5.75 Å². The Kier molecular flexibility index (Phi) is 6.55. The largest absolute Gasteiger partial charge is 0.507 e. The van der Waals surface area contributed by atoms with E-state index in [0.29, 0.717) is 31.5 Å². The van der Waals surface area contributed by atoms with E-state index in [-0.39, 0.29) is 16.9 Å². The maximum Gasteiger partial charge on any atom is 0.259 e. The molecule has 2 amide bonds. The van der Waals surface area contributed by atoms with Gasteiger partial charge in [0.2, 0.25) is 0 Å². The number of halogens is 4. The fourth-order valence-corrected chi connectivity index (χ4v) is 3.56. The van der Waals surface area contributed by atoms with Crippen molar-refractivity contribution < 1.29 is 14.7 Å². The zero-order valence-electron chi connectivity index (χ0n) is 14.5. The SMILES string of the molecule is O=C(Nc1cc(Cl)cc(Cl)c1)c1ccc(O)c(C(=O)Nc2cc(Cl)cc(Cl)c2)c1. The summed E-state index contributed by atoms with van der Waals surface area (Å²) in [4.78, 5) is 25.1. The molecule has 29 heavy (non-hydrogen) atoms. The van der Waals surface area contributed by atoms with E-state index >= 15 is 0 Å². The highest BCUT2D eigenvalue weighted by atomic mass is 35.5. The van der Waals surface area contributed by atoms with Gasteiger partial charge in [0.15, 0.2) is 0 Å². The summed E-state index contributed by atoms with van der Waals surface area (Å²) in [6, 6.07) is 13.0. The number of aromatic hydroxyl groups is 1. The van der Waals surface area contributed by atoms with Crippen molar-refractivity contribution in [2.75, 3.05) is 10.6 Å². The zero-order chi connectivity index (χ0) is 21.1. The fourth-order valence-electron chi connectivity index (χ4n) is 2.51. The van der Waals surface area contributed by atoms with Crippen LogP contribution in [-0.4, -0.2) is 16.9 Å². The van der Waals surface area contributed by atoms with E-state index < -0.39 is 11.8 Å². The number of amides is 2. The Labute approximate surface area is 186 Å². The Morgan fingerprint density at radius 3 is 1.59 bits per heavy atom. The predicted molar refractivity (Wildman–Crippen MR) is 117 cm³/mol. The molecule has 0 atom stereocenters. The lowest BCUT2D eigenvalue weighted by atomic mass is 10.1. The zero-order valence-corrected chi connectivity index (χ0v) is 17.5. The highest BCUT2D eigenvalue weighted by Gasteiger charge is 2.16. The number of phenolic OH excluding ortho intramolecular Hbond substituents is 1. The molecule has 5 nitrogen and oxygen atoms in total. The first-order chi connectivity index (χ1) is 13.7. The van der Waals surface area contributed by atoms with E-state index in [1.807, 2.05) is 0 Å². The molecule has 0 unspecified atom stereocenters. The average Bonchev–Trinajstić information content (AvgIpc) is 2.60. The van der Waals surface area contributed by atoms with Gasteiger partial charge in [-0.15, -0.1) is 0 Å². The van der Waals surface area contributed by atoms with E-state index in [9.17, 15) is 14.7 Å². The molecule has 0 bridgehead atoms. The number of rotatable bonds is 4. The van der Waals surface area contributed by atoms with Crippen LogP contribution < -0.4 is 10.6 Å². The molecule has 0 aliphatic heterocycles. The number of anilines is 2. The van der Waals surface area contributed by atoms with Crippen molar-refractivity contribution in [2.24, 2.45) is 0 Å². The second kappa shape index (κ2) is 8.93. The van der Waals surface area contributed by atoms with Crippen LogP contribution in [0.15, 0.2) is 54.6 Å². The number of carbonyl (C=O) groups is 2. The maximum absolute atomic E-state index is 12.6. The molecule has 0 aliphatic carbocycles. The molecule has 0 fully saturated rings. The topological polar surface area (TPSA) is 78.4 Å². The van der Waals surface area contributed by atoms with Gasteiger partial charge in [-0.1, -0.05) is 46.4 Å². The number of nitrogens with one attached hydrogen (secondary N) is 2. The lowest BCUT2D eigenvalue weighted by Crippen LogP contribution is -2.16. The lowest BCUT2D eigenvalue weighted by molar-refractivity contribution is 0.102. The normalized spacial score (nSPS) is 10.5. The van der Waals surface area contributed by atoms with Crippen molar-refractivity contribution in [3.05, 3.63) is 85.8 Å². The van der Waals surface area contributed by atoms with Gasteiger partial charge in [-0.05, 0) is 54.6 Å². The number of benzene rings is 3. The van der Waals surface area contributed by atoms with Crippen molar-refractivity contribution in [3.63, 3.8) is 0 Å². The van der Waals surface area contributed by atoms with Gasteiger partial charge >= 0.3 is 0 Å². The van der Waals surface area contributed by atoms with E-state index in [1.165, 1.54) is 54.6 Å². The minimum Gasteiger partial charge on any atom is -0.507 e. The van der Waals surface area contributed by atoms with Crippen LogP contribution in [0, 0.1) is 0 Å². The molecule has 0 aliphatic rings. The average molecular weight is 470 g/mol. The molecule has 3 aromatic carbocycles. The molecule has 0 heterocycles. The van der Waals surface area contributed by atoms with E-state index in [4.69, 9.17) is 46.4 Å². The summed E-state index contributed by atoms with van der Waals surface area (Å²) >= 11 is 23.7. The van der Waals surface area contributed by atoms with Crippen LogP contribution in [-0.2, 0) is 0 Å². The summed E-state index contributed by atoms with van der Waals surface area (Å²) in [7, 11) is 0. The molecular formula is C20H12Cl4N2O3. The van der Waals surface area contributed by atoms with Crippen LogP contribution in [0.25, 0.3) is 0 Å². The van der Waals surface area contributed by atoms with Crippen LogP contribution in [0.2, 0.25) is 20.1 Å². The third-order valence-corrected chi connectivity index (χ3v) is 4.62. The van der Waals surface area contributed by atoms with Gasteiger partial charge in [-0.2, -0.15) is 0 Å². The van der Waals surface area contributed by atoms with Gasteiger partial charge in [0.05, 0.1) is 5.56 Å². The molecular weight excluding hydrogens is 458 g/mol. The molecule has 148 valence electrons. The second-order valence-corrected chi connectivity index (χ2v) is 7.70. The maximum atomic E-state index is 12.6. The first kappa shape index (κ1) is 21.3. The summed E-state index contributed by atoms with van der Waals surface area (Å²) in [5, 5.41) is 16.7. The minimum absolute atomic E-state index is 0.0992. The molecule has 0 radical (unpaired) electrons. The van der Waals surface area contributed by atoms with Crippen LogP contribution in [0.4, 0.5) is 11.4 Å². The summed E-state index contributed by atoms with van der Waals surface area (Å²) in [6.07, 6.45) is 0. The van der Waals surface area contributed by atoms with E-state index in [1.54, 1.807) is 0 Å². The fraction of sp³-hybridized carbons (Fsp3) is 0.